The van der Waals surface area contributed by atoms with Gasteiger partial charge in [-0.3, -0.25) is 14.7 Å². The molecule has 1 saturated heterocycles. The number of amides is 1. The van der Waals surface area contributed by atoms with Crippen molar-refractivity contribution in [3.05, 3.63) is 18.2 Å². The lowest BCUT2D eigenvalue weighted by Crippen LogP contribution is -2.50. The number of nitrogens with one attached hydrogen (secondary N) is 3. The van der Waals surface area contributed by atoms with Gasteiger partial charge >= 0.3 is 0 Å². The van der Waals surface area contributed by atoms with Crippen LogP contribution in [-0.4, -0.2) is 65.6 Å². The number of aromatic nitrogens is 2. The molecule has 1 aliphatic rings. The van der Waals surface area contributed by atoms with Gasteiger partial charge in [-0.25, -0.2) is 4.98 Å². The Bertz CT molecular complexity index is 618. The molecule has 2 rings (SSSR count). The van der Waals surface area contributed by atoms with Crippen LogP contribution in [0.5, 0.6) is 0 Å². The largest absolute Gasteiger partial charge is 0.355 e. The summed E-state index contributed by atoms with van der Waals surface area (Å²) >= 11 is 0. The van der Waals surface area contributed by atoms with E-state index in [2.05, 4.69) is 56.2 Å². The van der Waals surface area contributed by atoms with Crippen LogP contribution in [0.2, 0.25) is 0 Å². The number of guanidine groups is 1. The van der Waals surface area contributed by atoms with E-state index in [1.54, 1.807) is 7.05 Å². The van der Waals surface area contributed by atoms with Crippen LogP contribution in [-0.2, 0) is 17.9 Å². The molecule has 1 amide bonds. The molecule has 0 unspecified atom stereocenters. The molecule has 28 heavy (non-hydrogen) atoms. The summed E-state index contributed by atoms with van der Waals surface area (Å²) in [6, 6.07) is 0.372. The molecule has 0 aromatic carbocycles. The fraction of sp³-hybridized carbons (Fsp3) is 0.750. The number of likely N-dealkylation sites (tertiary alicyclic amines) is 1. The summed E-state index contributed by atoms with van der Waals surface area (Å²) in [5.41, 5.74) is 0. The molecule has 1 aromatic rings. The van der Waals surface area contributed by atoms with Gasteiger partial charge in [0.15, 0.2) is 5.96 Å². The van der Waals surface area contributed by atoms with E-state index in [0.29, 0.717) is 25.0 Å². The standard InChI is InChI=1S/C20H37N7O/c1-5-8-23-19(28)15-26-10-6-17(7-11-26)25-20(21-4)24-13-18-22-9-12-27(18)14-16(2)3/h9,12,16-17H,5-8,10-11,13-15H2,1-4H3,(H,23,28)(H2,21,24,25). The average molecular weight is 392 g/mol. The molecule has 1 aliphatic heterocycles. The number of hydrogen-bond acceptors (Lipinski definition) is 4. The molecular formula is C20H37N7O. The van der Waals surface area contributed by atoms with Gasteiger partial charge in [0.25, 0.3) is 0 Å². The third-order valence-corrected chi connectivity index (χ3v) is 4.87. The summed E-state index contributed by atoms with van der Waals surface area (Å²) in [7, 11) is 1.79. The van der Waals surface area contributed by atoms with E-state index in [4.69, 9.17) is 0 Å². The normalized spacial score (nSPS) is 16.4. The summed E-state index contributed by atoms with van der Waals surface area (Å²) < 4.78 is 2.19. The molecule has 0 spiro atoms. The maximum absolute atomic E-state index is 11.9. The summed E-state index contributed by atoms with van der Waals surface area (Å²) in [5, 5.41) is 9.83. The number of nitrogens with zero attached hydrogens (tertiary/aromatic N) is 4. The lowest BCUT2D eigenvalue weighted by Gasteiger charge is -2.32. The zero-order valence-electron chi connectivity index (χ0n) is 17.9. The first-order chi connectivity index (χ1) is 13.5. The number of rotatable bonds is 9. The topological polar surface area (TPSA) is 86.6 Å². The molecule has 2 heterocycles. The van der Waals surface area contributed by atoms with Crippen LogP contribution in [0.4, 0.5) is 0 Å². The summed E-state index contributed by atoms with van der Waals surface area (Å²) in [4.78, 5) is 22.9. The SMILES string of the molecule is CCCNC(=O)CN1CCC(NC(=NC)NCc2nccn2CC(C)C)CC1. The number of aliphatic imine (C=N–C) groups is 1. The number of hydrogen-bond donors (Lipinski definition) is 3. The lowest BCUT2D eigenvalue weighted by molar-refractivity contribution is -0.122. The van der Waals surface area contributed by atoms with E-state index in [1.165, 1.54) is 0 Å². The van der Waals surface area contributed by atoms with Crippen LogP contribution >= 0.6 is 0 Å². The van der Waals surface area contributed by atoms with Gasteiger partial charge in [-0.05, 0) is 25.2 Å². The van der Waals surface area contributed by atoms with Crippen molar-refractivity contribution in [2.24, 2.45) is 10.9 Å². The molecule has 0 atom stereocenters. The van der Waals surface area contributed by atoms with E-state index in [1.807, 2.05) is 12.4 Å². The van der Waals surface area contributed by atoms with Crippen molar-refractivity contribution in [1.29, 1.82) is 0 Å². The Labute approximate surface area is 169 Å². The Morgan fingerprint density at radius 1 is 1.32 bits per heavy atom. The van der Waals surface area contributed by atoms with Gasteiger partial charge in [0, 0.05) is 51.7 Å². The van der Waals surface area contributed by atoms with Crippen LogP contribution in [0.1, 0.15) is 45.9 Å². The first kappa shape index (κ1) is 22.2. The first-order valence-electron chi connectivity index (χ1n) is 10.5. The fourth-order valence-corrected chi connectivity index (χ4v) is 3.38. The third-order valence-electron chi connectivity index (χ3n) is 4.87. The zero-order chi connectivity index (χ0) is 20.4. The van der Waals surface area contributed by atoms with Crippen LogP contribution in [0, 0.1) is 5.92 Å². The molecular weight excluding hydrogens is 354 g/mol. The molecule has 0 radical (unpaired) electrons. The predicted molar refractivity (Wildman–Crippen MR) is 113 cm³/mol. The minimum absolute atomic E-state index is 0.127. The second kappa shape index (κ2) is 11.7. The van der Waals surface area contributed by atoms with Crippen molar-refractivity contribution >= 4 is 11.9 Å². The van der Waals surface area contributed by atoms with Gasteiger partial charge in [-0.2, -0.15) is 0 Å². The van der Waals surface area contributed by atoms with Crippen molar-refractivity contribution in [1.82, 2.24) is 30.4 Å². The van der Waals surface area contributed by atoms with E-state index < -0.39 is 0 Å². The van der Waals surface area contributed by atoms with Crippen molar-refractivity contribution in [3.63, 3.8) is 0 Å². The van der Waals surface area contributed by atoms with Crippen molar-refractivity contribution in [2.75, 3.05) is 33.2 Å². The van der Waals surface area contributed by atoms with E-state index in [0.717, 1.165) is 57.2 Å². The van der Waals surface area contributed by atoms with E-state index >= 15 is 0 Å². The summed E-state index contributed by atoms with van der Waals surface area (Å²) in [5.74, 6) is 2.53. The van der Waals surface area contributed by atoms with Gasteiger partial charge in [-0.1, -0.05) is 20.8 Å². The predicted octanol–water partition coefficient (Wildman–Crippen LogP) is 1.19. The van der Waals surface area contributed by atoms with E-state index in [9.17, 15) is 4.79 Å². The van der Waals surface area contributed by atoms with Crippen LogP contribution in [0.3, 0.4) is 0 Å². The average Bonchev–Trinajstić information content (AvgIpc) is 3.11. The highest BCUT2D eigenvalue weighted by atomic mass is 16.2. The number of carbonyl (C=O) groups is 1. The lowest BCUT2D eigenvalue weighted by atomic mass is 10.1. The Hall–Kier alpha value is -2.09. The third kappa shape index (κ3) is 7.50. The minimum Gasteiger partial charge on any atom is -0.355 e. The second-order valence-corrected chi connectivity index (χ2v) is 7.86. The smallest absolute Gasteiger partial charge is 0.234 e. The van der Waals surface area contributed by atoms with Gasteiger partial charge in [0.2, 0.25) is 5.91 Å². The van der Waals surface area contributed by atoms with E-state index in [-0.39, 0.29) is 5.91 Å². The Morgan fingerprint density at radius 3 is 2.71 bits per heavy atom. The quantitative estimate of drug-likeness (QED) is 0.435. The Kier molecular flexibility index (Phi) is 9.27. The van der Waals surface area contributed by atoms with Crippen molar-refractivity contribution in [2.45, 2.75) is 59.2 Å². The molecule has 8 nitrogen and oxygen atoms in total. The van der Waals surface area contributed by atoms with Gasteiger partial charge < -0.3 is 20.5 Å². The van der Waals surface area contributed by atoms with Crippen molar-refractivity contribution in [3.8, 4) is 0 Å². The molecule has 1 fully saturated rings. The Morgan fingerprint density at radius 2 is 2.07 bits per heavy atom. The maximum Gasteiger partial charge on any atom is 0.234 e. The molecule has 0 saturated carbocycles. The highest BCUT2D eigenvalue weighted by molar-refractivity contribution is 5.80. The summed E-state index contributed by atoms with van der Waals surface area (Å²) in [6.07, 6.45) is 6.86. The Balaban J connectivity index is 1.73. The first-order valence-corrected chi connectivity index (χ1v) is 10.5. The molecule has 1 aromatic heterocycles. The summed E-state index contributed by atoms with van der Waals surface area (Å²) in [6.45, 7) is 11.2. The van der Waals surface area contributed by atoms with Gasteiger partial charge in [0.05, 0.1) is 13.1 Å². The molecule has 158 valence electrons. The molecule has 0 bridgehead atoms. The highest BCUT2D eigenvalue weighted by Crippen LogP contribution is 2.10. The number of imidazole rings is 1. The second-order valence-electron chi connectivity index (χ2n) is 7.86. The van der Waals surface area contributed by atoms with Gasteiger partial charge in [-0.15, -0.1) is 0 Å². The number of piperidine rings is 1. The number of carbonyl (C=O) groups excluding carboxylic acids is 1. The van der Waals surface area contributed by atoms with Crippen LogP contribution in [0.15, 0.2) is 17.4 Å². The van der Waals surface area contributed by atoms with Gasteiger partial charge in [0.1, 0.15) is 5.82 Å². The van der Waals surface area contributed by atoms with Crippen LogP contribution in [0.25, 0.3) is 0 Å². The highest BCUT2D eigenvalue weighted by Gasteiger charge is 2.21. The maximum atomic E-state index is 11.9. The fourth-order valence-electron chi connectivity index (χ4n) is 3.38. The van der Waals surface area contributed by atoms with Crippen LogP contribution < -0.4 is 16.0 Å². The molecule has 3 N–H and O–H groups in total. The minimum atomic E-state index is 0.127. The van der Waals surface area contributed by atoms with Crippen molar-refractivity contribution < 1.29 is 4.79 Å². The monoisotopic (exact) mass is 391 g/mol. The molecule has 8 heteroatoms. The zero-order valence-corrected chi connectivity index (χ0v) is 17.9. The molecule has 0 aliphatic carbocycles.